The zero-order valence-electron chi connectivity index (χ0n) is 17.1. The number of carbonyl (C=O) groups excluding carboxylic acids is 1. The average Bonchev–Trinajstić information content (AvgIpc) is 2.75. The van der Waals surface area contributed by atoms with Crippen molar-refractivity contribution in [3.05, 3.63) is 59.6 Å². The molecule has 3 rings (SSSR count). The maximum atomic E-state index is 13.3. The first-order valence-electron chi connectivity index (χ1n) is 10.2. The van der Waals surface area contributed by atoms with Crippen LogP contribution in [-0.4, -0.2) is 52.5 Å². The summed E-state index contributed by atoms with van der Waals surface area (Å²) in [6, 6.07) is 14.7. The van der Waals surface area contributed by atoms with Gasteiger partial charge in [-0.25, -0.2) is 8.42 Å². The first-order chi connectivity index (χ1) is 14.4. The zero-order chi connectivity index (χ0) is 21.6. The second-order valence-electron chi connectivity index (χ2n) is 7.66. The van der Waals surface area contributed by atoms with E-state index in [1.165, 1.54) is 12.1 Å². The van der Waals surface area contributed by atoms with Crippen LogP contribution in [0.2, 0.25) is 5.02 Å². The number of rotatable bonds is 8. The molecule has 162 valence electrons. The first kappa shape index (κ1) is 22.6. The second kappa shape index (κ2) is 10.3. The van der Waals surface area contributed by atoms with Crippen LogP contribution in [0.25, 0.3) is 0 Å². The van der Waals surface area contributed by atoms with Crippen LogP contribution in [-0.2, 0) is 14.8 Å². The molecule has 0 aliphatic carbocycles. The van der Waals surface area contributed by atoms with Crippen molar-refractivity contribution in [1.82, 2.24) is 10.2 Å². The van der Waals surface area contributed by atoms with Gasteiger partial charge in [0, 0.05) is 6.54 Å². The van der Waals surface area contributed by atoms with E-state index in [4.69, 9.17) is 11.6 Å². The van der Waals surface area contributed by atoms with Gasteiger partial charge >= 0.3 is 0 Å². The molecule has 0 aromatic heterocycles. The van der Waals surface area contributed by atoms with Gasteiger partial charge in [-0.05, 0) is 69.6 Å². The molecule has 8 heteroatoms. The molecule has 0 spiro atoms. The highest BCUT2D eigenvalue weighted by Crippen LogP contribution is 2.30. The van der Waals surface area contributed by atoms with Gasteiger partial charge in [0.1, 0.15) is 6.54 Å². The van der Waals surface area contributed by atoms with Crippen LogP contribution >= 0.6 is 11.6 Å². The summed E-state index contributed by atoms with van der Waals surface area (Å²) in [5.41, 5.74) is 0.286. The van der Waals surface area contributed by atoms with Gasteiger partial charge in [-0.3, -0.25) is 9.10 Å². The van der Waals surface area contributed by atoms with Crippen LogP contribution in [0.15, 0.2) is 59.5 Å². The van der Waals surface area contributed by atoms with Crippen LogP contribution in [0, 0.1) is 5.92 Å². The van der Waals surface area contributed by atoms with Crippen LogP contribution < -0.4 is 9.62 Å². The SMILES string of the molecule is CN1CCC(CCNC(=O)CN(c2ccccc2Cl)S(=O)(=O)c2ccccc2)CC1. The number of nitrogens with one attached hydrogen (secondary N) is 1. The fraction of sp³-hybridized carbons (Fsp3) is 0.409. The van der Waals surface area contributed by atoms with E-state index in [1.54, 1.807) is 42.5 Å². The maximum Gasteiger partial charge on any atom is 0.264 e. The van der Waals surface area contributed by atoms with E-state index in [1.807, 2.05) is 0 Å². The van der Waals surface area contributed by atoms with Crippen LogP contribution in [0.4, 0.5) is 5.69 Å². The molecule has 0 atom stereocenters. The van der Waals surface area contributed by atoms with E-state index in [0.717, 1.165) is 36.7 Å². The van der Waals surface area contributed by atoms with Crippen LogP contribution in [0.5, 0.6) is 0 Å². The second-order valence-corrected chi connectivity index (χ2v) is 9.93. The van der Waals surface area contributed by atoms with E-state index in [9.17, 15) is 13.2 Å². The summed E-state index contributed by atoms with van der Waals surface area (Å²) in [7, 11) is -1.82. The van der Waals surface area contributed by atoms with Gasteiger partial charge in [-0.15, -0.1) is 0 Å². The van der Waals surface area contributed by atoms with Gasteiger partial charge in [-0.1, -0.05) is 41.9 Å². The number of amides is 1. The molecule has 1 saturated heterocycles. The summed E-state index contributed by atoms with van der Waals surface area (Å²) in [6.07, 6.45) is 3.15. The summed E-state index contributed by atoms with van der Waals surface area (Å²) in [6.45, 7) is 2.37. The largest absolute Gasteiger partial charge is 0.355 e. The lowest BCUT2D eigenvalue weighted by Gasteiger charge is -2.29. The van der Waals surface area contributed by atoms with E-state index in [2.05, 4.69) is 17.3 Å². The Morgan fingerprint density at radius 1 is 1.10 bits per heavy atom. The van der Waals surface area contributed by atoms with Crippen LogP contribution in [0.3, 0.4) is 0 Å². The van der Waals surface area contributed by atoms with E-state index in [0.29, 0.717) is 12.5 Å². The summed E-state index contributed by atoms with van der Waals surface area (Å²) < 4.78 is 27.6. The quantitative estimate of drug-likeness (QED) is 0.670. The minimum atomic E-state index is -3.94. The molecule has 1 N–H and O–H groups in total. The lowest BCUT2D eigenvalue weighted by molar-refractivity contribution is -0.119. The lowest BCUT2D eigenvalue weighted by Crippen LogP contribution is -2.41. The number of nitrogens with zero attached hydrogens (tertiary/aromatic N) is 2. The van der Waals surface area contributed by atoms with E-state index in [-0.39, 0.29) is 28.1 Å². The highest BCUT2D eigenvalue weighted by molar-refractivity contribution is 7.92. The molecule has 0 unspecified atom stereocenters. The van der Waals surface area contributed by atoms with Gasteiger partial charge in [0.25, 0.3) is 10.0 Å². The number of carbonyl (C=O) groups is 1. The summed E-state index contributed by atoms with van der Waals surface area (Å²) >= 11 is 6.27. The molecule has 0 bridgehead atoms. The summed E-state index contributed by atoms with van der Waals surface area (Å²) in [5, 5.41) is 3.16. The molecule has 1 heterocycles. The predicted molar refractivity (Wildman–Crippen MR) is 120 cm³/mol. The molecule has 6 nitrogen and oxygen atoms in total. The molecule has 1 aliphatic rings. The number of anilines is 1. The molecule has 2 aromatic rings. The molecule has 0 saturated carbocycles. The van der Waals surface area contributed by atoms with Gasteiger partial charge in [-0.2, -0.15) is 0 Å². The first-order valence-corrected chi connectivity index (χ1v) is 12.0. The minimum absolute atomic E-state index is 0.115. The summed E-state index contributed by atoms with van der Waals surface area (Å²) in [5.74, 6) is 0.247. The number of sulfonamides is 1. The normalized spacial score (nSPS) is 15.7. The van der Waals surface area contributed by atoms with Gasteiger partial charge in [0.15, 0.2) is 0 Å². The average molecular weight is 450 g/mol. The Bertz CT molecular complexity index is 945. The summed E-state index contributed by atoms with van der Waals surface area (Å²) in [4.78, 5) is 15.1. The maximum absolute atomic E-state index is 13.3. The third-order valence-electron chi connectivity index (χ3n) is 5.45. The Kier molecular flexibility index (Phi) is 7.75. The Morgan fingerprint density at radius 3 is 2.40 bits per heavy atom. The fourth-order valence-corrected chi connectivity index (χ4v) is 5.37. The molecule has 1 fully saturated rings. The topological polar surface area (TPSA) is 69.7 Å². The van der Waals surface area contributed by atoms with E-state index < -0.39 is 10.0 Å². The zero-order valence-corrected chi connectivity index (χ0v) is 18.7. The molecule has 0 radical (unpaired) electrons. The van der Waals surface area contributed by atoms with Crippen molar-refractivity contribution in [3.63, 3.8) is 0 Å². The molecular formula is C22H28ClN3O3S. The number of hydrogen-bond acceptors (Lipinski definition) is 4. The lowest BCUT2D eigenvalue weighted by atomic mass is 9.94. The third-order valence-corrected chi connectivity index (χ3v) is 7.55. The minimum Gasteiger partial charge on any atom is -0.355 e. The van der Waals surface area contributed by atoms with Crippen LogP contribution in [0.1, 0.15) is 19.3 Å². The van der Waals surface area contributed by atoms with E-state index >= 15 is 0 Å². The standard InChI is InChI=1S/C22H28ClN3O3S/c1-25-15-12-18(13-16-25)11-14-24-22(27)17-26(21-10-6-5-9-20(21)23)30(28,29)19-7-3-2-4-8-19/h2-10,18H,11-17H2,1H3,(H,24,27). The van der Waals surface area contributed by atoms with Crippen molar-refractivity contribution < 1.29 is 13.2 Å². The highest BCUT2D eigenvalue weighted by Gasteiger charge is 2.28. The molecule has 2 aromatic carbocycles. The van der Waals surface area contributed by atoms with Crippen molar-refractivity contribution in [2.75, 3.05) is 37.5 Å². The number of hydrogen-bond donors (Lipinski definition) is 1. The number of halogens is 1. The molecule has 1 amide bonds. The fourth-order valence-electron chi connectivity index (χ4n) is 3.63. The smallest absolute Gasteiger partial charge is 0.264 e. The Morgan fingerprint density at radius 2 is 1.73 bits per heavy atom. The van der Waals surface area contributed by atoms with Crippen molar-refractivity contribution in [1.29, 1.82) is 0 Å². The Labute approximate surface area is 183 Å². The van der Waals surface area contributed by atoms with Gasteiger partial charge in [0.05, 0.1) is 15.6 Å². The number of likely N-dealkylation sites (tertiary alicyclic amines) is 1. The van der Waals surface area contributed by atoms with Gasteiger partial charge in [0.2, 0.25) is 5.91 Å². The van der Waals surface area contributed by atoms with Crippen molar-refractivity contribution >= 4 is 33.2 Å². The Balaban J connectivity index is 1.70. The highest BCUT2D eigenvalue weighted by atomic mass is 35.5. The molecular weight excluding hydrogens is 422 g/mol. The number of piperidine rings is 1. The van der Waals surface area contributed by atoms with Crippen molar-refractivity contribution in [2.24, 2.45) is 5.92 Å². The number of para-hydroxylation sites is 1. The molecule has 30 heavy (non-hydrogen) atoms. The van der Waals surface area contributed by atoms with Crippen molar-refractivity contribution in [3.8, 4) is 0 Å². The predicted octanol–water partition coefficient (Wildman–Crippen LogP) is 3.38. The Hall–Kier alpha value is -2.09. The number of benzene rings is 2. The third kappa shape index (κ3) is 5.74. The molecule has 1 aliphatic heterocycles. The van der Waals surface area contributed by atoms with Crippen molar-refractivity contribution in [2.45, 2.75) is 24.2 Å². The van der Waals surface area contributed by atoms with Gasteiger partial charge < -0.3 is 10.2 Å². The monoisotopic (exact) mass is 449 g/mol.